The van der Waals surface area contributed by atoms with E-state index in [1.807, 2.05) is 0 Å². The summed E-state index contributed by atoms with van der Waals surface area (Å²) in [6.07, 6.45) is 4.63. The largest absolute Gasteiger partial charge is 0.500 e. The minimum Gasteiger partial charge on any atom is -0.449 e. The molecule has 6 nitrogen and oxygen atoms in total. The van der Waals surface area contributed by atoms with Crippen molar-refractivity contribution in [1.29, 1.82) is 0 Å². The van der Waals surface area contributed by atoms with Gasteiger partial charge in [-0.15, -0.1) is 11.8 Å². The van der Waals surface area contributed by atoms with Gasteiger partial charge in [-0.05, 0) is 37.0 Å². The van der Waals surface area contributed by atoms with Crippen LogP contribution in [0, 0.1) is 29.6 Å². The smallest absolute Gasteiger partial charge is 0.449 e. The van der Waals surface area contributed by atoms with E-state index in [9.17, 15) is 4.79 Å². The summed E-state index contributed by atoms with van der Waals surface area (Å²) in [5, 5.41) is 2.79. The van der Waals surface area contributed by atoms with Crippen LogP contribution in [0.1, 0.15) is 32.1 Å². The van der Waals surface area contributed by atoms with Gasteiger partial charge in [-0.2, -0.15) is 0 Å². The second kappa shape index (κ2) is 9.42. The second-order valence-electron chi connectivity index (χ2n) is 6.35. The first-order valence-corrected chi connectivity index (χ1v) is 10.6. The zero-order valence-electron chi connectivity index (χ0n) is 14.9. The van der Waals surface area contributed by atoms with E-state index in [4.69, 9.17) is 18.0 Å². The van der Waals surface area contributed by atoms with Gasteiger partial charge in [0.05, 0.1) is 6.61 Å². The third-order valence-electron chi connectivity index (χ3n) is 5.11. The average Bonchev–Trinajstić information content (AvgIpc) is 3.23. The third-order valence-corrected chi connectivity index (χ3v) is 7.94. The SMILES string of the molecule is CO[Si](CCCNC(=O)OCC1C2CCC#CCCC21)(OC)OC. The van der Waals surface area contributed by atoms with Crippen molar-refractivity contribution in [2.24, 2.45) is 17.8 Å². The molecular formula is C17H29NO5Si. The summed E-state index contributed by atoms with van der Waals surface area (Å²) in [6.45, 7) is 1.04. The molecule has 0 radical (unpaired) electrons. The van der Waals surface area contributed by atoms with Crippen LogP contribution >= 0.6 is 0 Å². The van der Waals surface area contributed by atoms with E-state index in [1.54, 1.807) is 21.3 Å². The first-order valence-electron chi connectivity index (χ1n) is 8.67. The van der Waals surface area contributed by atoms with Crippen LogP contribution in [0.25, 0.3) is 0 Å². The number of hydrogen-bond donors (Lipinski definition) is 1. The number of ether oxygens (including phenoxy) is 1. The number of nitrogens with one attached hydrogen (secondary N) is 1. The fourth-order valence-corrected chi connectivity index (χ4v) is 5.28. The molecule has 7 heteroatoms. The van der Waals surface area contributed by atoms with E-state index in [-0.39, 0.29) is 6.09 Å². The molecule has 0 aromatic rings. The van der Waals surface area contributed by atoms with Crippen LogP contribution in [0.3, 0.4) is 0 Å². The predicted octanol–water partition coefficient (Wildman–Crippen LogP) is 2.42. The second-order valence-corrected chi connectivity index (χ2v) is 9.44. The van der Waals surface area contributed by atoms with Gasteiger partial charge >= 0.3 is 14.9 Å². The Morgan fingerprint density at radius 2 is 1.67 bits per heavy atom. The van der Waals surface area contributed by atoms with Crippen molar-refractivity contribution < 1.29 is 22.8 Å². The molecule has 2 atom stereocenters. The first kappa shape index (κ1) is 19.3. The van der Waals surface area contributed by atoms with Gasteiger partial charge in [-0.25, -0.2) is 4.79 Å². The molecule has 2 rings (SSSR count). The van der Waals surface area contributed by atoms with Gasteiger partial charge in [0.25, 0.3) is 0 Å². The molecule has 1 fully saturated rings. The van der Waals surface area contributed by atoms with E-state index in [1.165, 1.54) is 0 Å². The number of hydrogen-bond acceptors (Lipinski definition) is 5. The van der Waals surface area contributed by atoms with Crippen LogP contribution in [0.2, 0.25) is 6.04 Å². The fraction of sp³-hybridized carbons (Fsp3) is 0.824. The molecule has 24 heavy (non-hydrogen) atoms. The lowest BCUT2D eigenvalue weighted by Crippen LogP contribution is -2.43. The normalized spacial score (nSPS) is 25.5. The molecular weight excluding hydrogens is 326 g/mol. The van der Waals surface area contributed by atoms with Gasteiger partial charge in [0, 0.05) is 46.8 Å². The first-order chi connectivity index (χ1) is 11.7. The number of carbonyl (C=O) groups excluding carboxylic acids is 1. The molecule has 136 valence electrons. The summed E-state index contributed by atoms with van der Waals surface area (Å²) in [5.74, 6) is 8.30. The average molecular weight is 356 g/mol. The number of fused-ring (bicyclic) bond motifs is 1. The summed E-state index contributed by atoms with van der Waals surface area (Å²) in [6, 6.07) is 0.656. The van der Waals surface area contributed by atoms with Crippen LogP contribution < -0.4 is 5.32 Å². The molecule has 0 heterocycles. The number of rotatable bonds is 9. The van der Waals surface area contributed by atoms with Gasteiger partial charge in [0.2, 0.25) is 0 Å². The molecule has 1 saturated carbocycles. The highest BCUT2D eigenvalue weighted by atomic mass is 28.4. The summed E-state index contributed by atoms with van der Waals surface area (Å²) < 4.78 is 21.4. The van der Waals surface area contributed by atoms with Crippen molar-refractivity contribution >= 4 is 14.9 Å². The Bertz CT molecular complexity index is 445. The topological polar surface area (TPSA) is 66.0 Å². The minimum absolute atomic E-state index is 0.343. The van der Waals surface area contributed by atoms with Crippen molar-refractivity contribution in [3.05, 3.63) is 0 Å². The highest BCUT2D eigenvalue weighted by Gasteiger charge is 2.49. The monoisotopic (exact) mass is 355 g/mol. The van der Waals surface area contributed by atoms with Crippen LogP contribution in [0.15, 0.2) is 0 Å². The quantitative estimate of drug-likeness (QED) is 0.391. The molecule has 0 aromatic heterocycles. The lowest BCUT2D eigenvalue weighted by Gasteiger charge is -2.24. The zero-order valence-corrected chi connectivity index (χ0v) is 15.9. The predicted molar refractivity (Wildman–Crippen MR) is 92.3 cm³/mol. The maximum Gasteiger partial charge on any atom is 0.500 e. The van der Waals surface area contributed by atoms with E-state index in [2.05, 4.69) is 17.2 Å². The van der Waals surface area contributed by atoms with Crippen LogP contribution in [-0.2, 0) is 18.0 Å². The Hall–Kier alpha value is -1.07. The van der Waals surface area contributed by atoms with Gasteiger partial charge in [-0.1, -0.05) is 0 Å². The van der Waals surface area contributed by atoms with E-state index >= 15 is 0 Å². The lowest BCUT2D eigenvalue weighted by molar-refractivity contribution is 0.121. The van der Waals surface area contributed by atoms with Crippen molar-refractivity contribution in [2.75, 3.05) is 34.5 Å². The Labute approximate surface area is 145 Å². The van der Waals surface area contributed by atoms with Gasteiger partial charge in [0.15, 0.2) is 0 Å². The standard InChI is InChI=1S/C17H29NO5Si/c1-20-24(21-2,22-3)12-8-11-18-17(19)23-13-16-14-9-6-4-5-7-10-15(14)16/h14-16H,6-13H2,1-3H3,(H,18,19). The maximum atomic E-state index is 11.8. The summed E-state index contributed by atoms with van der Waals surface area (Å²) in [5.41, 5.74) is 0. The number of carbonyl (C=O) groups is 1. The highest BCUT2D eigenvalue weighted by molar-refractivity contribution is 6.60. The zero-order chi connectivity index (χ0) is 17.4. The van der Waals surface area contributed by atoms with E-state index < -0.39 is 8.80 Å². The fourth-order valence-electron chi connectivity index (χ4n) is 3.56. The van der Waals surface area contributed by atoms with Crippen molar-refractivity contribution in [3.63, 3.8) is 0 Å². The van der Waals surface area contributed by atoms with Gasteiger partial charge in [0.1, 0.15) is 0 Å². The third kappa shape index (κ3) is 5.21. The number of amides is 1. The highest BCUT2D eigenvalue weighted by Crippen LogP contribution is 2.52. The van der Waals surface area contributed by atoms with E-state index in [0.29, 0.717) is 36.9 Å². The molecule has 0 aliphatic heterocycles. The molecule has 0 saturated heterocycles. The lowest BCUT2D eigenvalue weighted by atomic mass is 10.1. The summed E-state index contributed by atoms with van der Waals surface area (Å²) in [4.78, 5) is 11.8. The maximum absolute atomic E-state index is 11.8. The molecule has 2 aliphatic rings. The molecule has 1 N–H and O–H groups in total. The van der Waals surface area contributed by atoms with E-state index in [0.717, 1.165) is 32.1 Å². The minimum atomic E-state index is -2.55. The van der Waals surface area contributed by atoms with Gasteiger partial charge in [-0.3, -0.25) is 0 Å². The Balaban J connectivity index is 1.58. The molecule has 2 unspecified atom stereocenters. The Morgan fingerprint density at radius 3 is 2.21 bits per heavy atom. The van der Waals surface area contributed by atoms with Gasteiger partial charge < -0.3 is 23.3 Å². The molecule has 0 bridgehead atoms. The van der Waals surface area contributed by atoms with Crippen molar-refractivity contribution in [2.45, 2.75) is 38.1 Å². The molecule has 0 aromatic carbocycles. The van der Waals surface area contributed by atoms with Crippen LogP contribution in [0.4, 0.5) is 4.79 Å². The van der Waals surface area contributed by atoms with Crippen molar-refractivity contribution in [1.82, 2.24) is 5.32 Å². The van der Waals surface area contributed by atoms with Crippen molar-refractivity contribution in [3.8, 4) is 11.8 Å². The summed E-state index contributed by atoms with van der Waals surface area (Å²) >= 11 is 0. The Morgan fingerprint density at radius 1 is 1.08 bits per heavy atom. The van der Waals surface area contributed by atoms with Crippen LogP contribution in [0.5, 0.6) is 0 Å². The molecule has 0 spiro atoms. The van der Waals surface area contributed by atoms with Crippen LogP contribution in [-0.4, -0.2) is 49.4 Å². The molecule has 2 aliphatic carbocycles. The Kier molecular flexibility index (Phi) is 7.56. The number of alkyl carbamates (subject to hydrolysis) is 1. The summed E-state index contributed by atoms with van der Waals surface area (Å²) in [7, 11) is 2.22. The molecule has 1 amide bonds.